The number of ketones is 1. The van der Waals surface area contributed by atoms with Crippen LogP contribution in [0.3, 0.4) is 0 Å². The number of unbranched alkanes of at least 4 members (excludes halogenated alkanes) is 2. The Morgan fingerprint density at radius 3 is 2.56 bits per heavy atom. The number of para-hydroxylation sites is 1. The first-order chi connectivity index (χ1) is 23.3. The van der Waals surface area contributed by atoms with Gasteiger partial charge in [0.25, 0.3) is 5.91 Å². The number of aliphatic hydroxyl groups is 1. The molecule has 0 spiro atoms. The number of Topliss-reactive ketones (excluding diaryl/α,β-unsaturated/α-hetero) is 1. The minimum absolute atomic E-state index is 0.0775. The molecule has 10 nitrogen and oxygen atoms in total. The number of furan rings is 1. The molecule has 0 radical (unpaired) electrons. The highest BCUT2D eigenvalue weighted by Gasteiger charge is 2.47. The summed E-state index contributed by atoms with van der Waals surface area (Å²) in [5.41, 5.74) is 1.52. The number of carbonyl (C=O) groups excluding carboxylic acids is 2. The Bertz CT molecular complexity index is 1990. The first-order valence-electron chi connectivity index (χ1n) is 15.2. The minimum atomic E-state index is -1.11. The van der Waals surface area contributed by atoms with Crippen LogP contribution in [0.2, 0.25) is 0 Å². The number of methoxy groups -OCH3 is 2. The molecule has 6 rings (SSSR count). The largest absolute Gasteiger partial charge is 0.503 e. The molecule has 48 heavy (non-hydrogen) atoms. The van der Waals surface area contributed by atoms with Gasteiger partial charge in [0.05, 0.1) is 32.4 Å². The molecule has 0 saturated carbocycles. The maximum absolute atomic E-state index is 14.2. The topological polar surface area (TPSA) is 124 Å². The molecule has 13 heteroatoms. The Morgan fingerprint density at radius 2 is 1.81 bits per heavy atom. The lowest BCUT2D eigenvalue weighted by Crippen LogP contribution is -2.31. The van der Waals surface area contributed by atoms with Gasteiger partial charge in [0.2, 0.25) is 10.9 Å². The maximum Gasteiger partial charge on any atom is 0.296 e. The predicted molar refractivity (Wildman–Crippen MR) is 181 cm³/mol. The van der Waals surface area contributed by atoms with Crippen molar-refractivity contribution in [3.8, 4) is 17.2 Å². The third kappa shape index (κ3) is 6.60. The van der Waals surface area contributed by atoms with Crippen molar-refractivity contribution < 1.29 is 37.7 Å². The Balaban J connectivity index is 1.37. The molecule has 1 unspecified atom stereocenters. The summed E-state index contributed by atoms with van der Waals surface area (Å²) in [4.78, 5) is 29.3. The van der Waals surface area contributed by atoms with Crippen LogP contribution in [-0.4, -0.2) is 47.8 Å². The molecule has 1 aliphatic heterocycles. The van der Waals surface area contributed by atoms with Gasteiger partial charge >= 0.3 is 0 Å². The minimum Gasteiger partial charge on any atom is -0.503 e. The van der Waals surface area contributed by atoms with Crippen LogP contribution in [0, 0.1) is 5.82 Å². The van der Waals surface area contributed by atoms with E-state index in [2.05, 4.69) is 17.1 Å². The zero-order valence-corrected chi connectivity index (χ0v) is 28.0. The SMILES string of the molecule is CCCCCOc1ccc(C2C(C(=O)c3cc4cccc(OC)c4o3)=C(O)C(=O)N2c2nnc(SCc3ccc(F)cc3)s2)cc1OC. The van der Waals surface area contributed by atoms with Crippen LogP contribution in [0.5, 0.6) is 17.2 Å². The Kier molecular flexibility index (Phi) is 9.97. The van der Waals surface area contributed by atoms with E-state index in [1.807, 2.05) is 0 Å². The Morgan fingerprint density at radius 1 is 1.02 bits per heavy atom. The van der Waals surface area contributed by atoms with E-state index in [1.165, 1.54) is 43.0 Å². The number of fused-ring (bicyclic) bond motifs is 1. The molecule has 5 aromatic rings. The summed E-state index contributed by atoms with van der Waals surface area (Å²) < 4.78 is 36.9. The van der Waals surface area contributed by atoms with Gasteiger partial charge in [-0.25, -0.2) is 4.39 Å². The lowest BCUT2D eigenvalue weighted by molar-refractivity contribution is -0.117. The average Bonchev–Trinajstić information content (AvgIpc) is 3.82. The van der Waals surface area contributed by atoms with Gasteiger partial charge < -0.3 is 23.7 Å². The van der Waals surface area contributed by atoms with Gasteiger partial charge in [0.1, 0.15) is 5.82 Å². The molecule has 3 heterocycles. The number of hydrogen-bond donors (Lipinski definition) is 1. The highest BCUT2D eigenvalue weighted by molar-refractivity contribution is 8.00. The van der Waals surface area contributed by atoms with Crippen LogP contribution >= 0.6 is 23.1 Å². The van der Waals surface area contributed by atoms with Crippen LogP contribution in [0.15, 0.2) is 86.8 Å². The zero-order valence-electron chi connectivity index (χ0n) is 26.4. The van der Waals surface area contributed by atoms with Crippen molar-refractivity contribution in [3.63, 3.8) is 0 Å². The van der Waals surface area contributed by atoms with E-state index in [-0.39, 0.29) is 22.3 Å². The molecule has 1 amide bonds. The summed E-state index contributed by atoms with van der Waals surface area (Å²) in [7, 11) is 3.00. The van der Waals surface area contributed by atoms with E-state index in [0.717, 1.165) is 36.2 Å². The number of amides is 1. The van der Waals surface area contributed by atoms with Gasteiger partial charge in [-0.2, -0.15) is 0 Å². The van der Waals surface area contributed by atoms with E-state index < -0.39 is 23.5 Å². The van der Waals surface area contributed by atoms with E-state index in [4.69, 9.17) is 18.6 Å². The molecule has 2 aromatic heterocycles. The molecule has 0 fully saturated rings. The van der Waals surface area contributed by atoms with E-state index in [9.17, 15) is 19.1 Å². The summed E-state index contributed by atoms with van der Waals surface area (Å²) in [5.74, 6) is -0.797. The first kappa shape index (κ1) is 33.0. The number of hydrogen-bond acceptors (Lipinski definition) is 11. The highest BCUT2D eigenvalue weighted by Crippen LogP contribution is 2.46. The molecule has 1 atom stereocenters. The van der Waals surface area contributed by atoms with Gasteiger partial charge in [0, 0.05) is 11.1 Å². The zero-order chi connectivity index (χ0) is 33.8. The van der Waals surface area contributed by atoms with Crippen molar-refractivity contribution in [2.75, 3.05) is 25.7 Å². The summed E-state index contributed by atoms with van der Waals surface area (Å²) in [6.07, 6.45) is 2.95. The summed E-state index contributed by atoms with van der Waals surface area (Å²) in [5, 5.41) is 20.6. The van der Waals surface area contributed by atoms with Gasteiger partial charge in [-0.05, 0) is 53.9 Å². The second-order valence-corrected chi connectivity index (χ2v) is 13.1. The van der Waals surface area contributed by atoms with Crippen LogP contribution in [0.4, 0.5) is 9.52 Å². The first-order valence-corrected chi connectivity index (χ1v) is 17.0. The molecule has 1 N–H and O–H groups in total. The molecule has 1 aliphatic rings. The monoisotopic (exact) mass is 689 g/mol. The maximum atomic E-state index is 14.2. The van der Waals surface area contributed by atoms with Crippen LogP contribution < -0.4 is 19.1 Å². The van der Waals surface area contributed by atoms with Gasteiger partial charge in [-0.3, -0.25) is 14.5 Å². The summed E-state index contributed by atoms with van der Waals surface area (Å²) in [6, 6.07) is 16.9. The predicted octanol–water partition coefficient (Wildman–Crippen LogP) is 8.08. The number of anilines is 1. The lowest BCUT2D eigenvalue weighted by atomic mass is 9.95. The smallest absolute Gasteiger partial charge is 0.296 e. The van der Waals surface area contributed by atoms with Gasteiger partial charge in [0.15, 0.2) is 38.7 Å². The van der Waals surface area contributed by atoms with E-state index in [1.54, 1.807) is 54.6 Å². The molecule has 0 saturated heterocycles. The number of ether oxygens (including phenoxy) is 3. The molecule has 3 aromatic carbocycles. The van der Waals surface area contributed by atoms with Gasteiger partial charge in [-0.1, -0.05) is 73.2 Å². The fourth-order valence-corrected chi connectivity index (χ4v) is 7.21. The summed E-state index contributed by atoms with van der Waals surface area (Å²) in [6.45, 7) is 2.61. The number of rotatable bonds is 14. The highest BCUT2D eigenvalue weighted by atomic mass is 32.2. The van der Waals surface area contributed by atoms with E-state index in [0.29, 0.717) is 50.5 Å². The van der Waals surface area contributed by atoms with Crippen molar-refractivity contribution in [2.24, 2.45) is 0 Å². The number of thioether (sulfide) groups is 1. The third-order valence-corrected chi connectivity index (χ3v) is 9.92. The summed E-state index contributed by atoms with van der Waals surface area (Å²) >= 11 is 2.50. The van der Waals surface area contributed by atoms with Crippen molar-refractivity contribution in [1.29, 1.82) is 0 Å². The average molecular weight is 690 g/mol. The number of aromatic nitrogens is 2. The van der Waals surface area contributed by atoms with Crippen LogP contribution in [0.25, 0.3) is 11.0 Å². The number of aliphatic hydroxyl groups excluding tert-OH is 1. The lowest BCUT2D eigenvalue weighted by Gasteiger charge is -2.24. The van der Waals surface area contributed by atoms with E-state index >= 15 is 0 Å². The number of nitrogens with zero attached hydrogens (tertiary/aromatic N) is 3. The van der Waals surface area contributed by atoms with Gasteiger partial charge in [-0.15, -0.1) is 10.2 Å². The molecular weight excluding hydrogens is 658 g/mol. The van der Waals surface area contributed by atoms with Crippen molar-refractivity contribution >= 4 is 50.9 Å². The van der Waals surface area contributed by atoms with Crippen LogP contribution in [-0.2, 0) is 10.5 Å². The second kappa shape index (κ2) is 14.5. The fourth-order valence-electron chi connectivity index (χ4n) is 5.38. The van der Waals surface area contributed by atoms with Crippen molar-refractivity contribution in [2.45, 2.75) is 42.3 Å². The number of benzene rings is 3. The van der Waals surface area contributed by atoms with Crippen molar-refractivity contribution in [1.82, 2.24) is 10.2 Å². The molecule has 0 bridgehead atoms. The molecular formula is C35H32FN3O7S2. The number of carbonyl (C=O) groups is 2. The third-order valence-electron chi connectivity index (χ3n) is 7.79. The Labute approximate surface area is 284 Å². The normalized spacial score (nSPS) is 14.6. The fraction of sp³-hybridized carbons (Fsp3) is 0.257. The standard InChI is InChI=1S/C35H32FN3O7S2/c1-4-5-6-16-45-24-15-12-21(17-26(24)44-3)29-28(30(40)27-18-22-8-7-9-25(43-2)32(22)46-27)31(41)33(42)39(29)34-37-38-35(48-34)47-19-20-10-13-23(36)14-11-20/h7-15,17-18,29,41H,4-6,16,19H2,1-3H3. The molecule has 248 valence electrons. The second-order valence-electron chi connectivity index (χ2n) is 10.9. The number of halogens is 1. The quantitative estimate of drug-likeness (QED) is 0.0530. The van der Waals surface area contributed by atoms with Crippen LogP contribution in [0.1, 0.15) is 53.9 Å². The molecule has 0 aliphatic carbocycles. The Hall–Kier alpha value is -4.88. The van der Waals surface area contributed by atoms with Crippen molar-refractivity contribution in [3.05, 3.63) is 101 Å².